The highest BCUT2D eigenvalue weighted by Crippen LogP contribution is 2.35. The molecule has 1 aliphatic rings. The normalized spacial score (nSPS) is 14.8. The third kappa shape index (κ3) is 4.93. The first-order chi connectivity index (χ1) is 17.9. The molecule has 4 heterocycles. The van der Waals surface area contributed by atoms with Crippen LogP contribution < -0.4 is 10.2 Å². The number of hydrogen-bond donors (Lipinski definition) is 1. The van der Waals surface area contributed by atoms with E-state index >= 15 is 0 Å². The Balaban J connectivity index is 1.62. The maximum absolute atomic E-state index is 5.29. The maximum Gasteiger partial charge on any atom is 0.236 e. The summed E-state index contributed by atoms with van der Waals surface area (Å²) in [7, 11) is 0. The summed E-state index contributed by atoms with van der Waals surface area (Å²) in [6.07, 6.45) is 1.80. The number of pyridine rings is 1. The Morgan fingerprint density at radius 1 is 0.946 bits per heavy atom. The van der Waals surface area contributed by atoms with Crippen molar-refractivity contribution in [3.8, 4) is 5.95 Å². The van der Waals surface area contributed by atoms with Gasteiger partial charge in [-0.05, 0) is 64.3 Å². The second-order valence-corrected chi connectivity index (χ2v) is 11.2. The molecular weight excluding hydrogens is 476 g/mol. The molecule has 37 heavy (non-hydrogen) atoms. The van der Waals surface area contributed by atoms with Gasteiger partial charge in [-0.2, -0.15) is 16.7 Å². The lowest BCUT2D eigenvalue weighted by Gasteiger charge is -2.32. The van der Waals surface area contributed by atoms with Gasteiger partial charge in [-0.1, -0.05) is 32.0 Å². The van der Waals surface area contributed by atoms with Crippen LogP contribution in [0.3, 0.4) is 0 Å². The molecule has 4 aromatic rings. The van der Waals surface area contributed by atoms with E-state index in [4.69, 9.17) is 15.0 Å². The molecule has 0 saturated carbocycles. The van der Waals surface area contributed by atoms with Crippen LogP contribution in [-0.4, -0.2) is 44.1 Å². The molecule has 1 atom stereocenters. The average molecular weight is 515 g/mol. The number of anilines is 2. The van der Waals surface area contributed by atoms with Gasteiger partial charge >= 0.3 is 0 Å². The summed E-state index contributed by atoms with van der Waals surface area (Å²) in [6, 6.07) is 13.2. The molecule has 1 aliphatic heterocycles. The predicted molar refractivity (Wildman–Crippen MR) is 158 cm³/mol. The molecule has 6 nitrogen and oxygen atoms in total. The zero-order valence-electron chi connectivity index (χ0n) is 22.9. The molecule has 0 amide bonds. The summed E-state index contributed by atoms with van der Waals surface area (Å²) in [5.74, 6) is 5.05. The van der Waals surface area contributed by atoms with Crippen LogP contribution in [0, 0.1) is 27.7 Å². The minimum absolute atomic E-state index is 0.0845. The van der Waals surface area contributed by atoms with Crippen LogP contribution in [0.2, 0.25) is 0 Å². The van der Waals surface area contributed by atoms with Crippen LogP contribution >= 0.6 is 11.8 Å². The molecule has 194 valence electrons. The third-order valence-corrected chi connectivity index (χ3v) is 8.43. The molecule has 0 aliphatic carbocycles. The van der Waals surface area contributed by atoms with E-state index in [-0.39, 0.29) is 6.04 Å². The minimum atomic E-state index is 0.0845. The highest BCUT2D eigenvalue weighted by molar-refractivity contribution is 7.99. The first-order valence-corrected chi connectivity index (χ1v) is 14.6. The second-order valence-electron chi connectivity index (χ2n) is 9.99. The number of fused-ring (bicyclic) bond motifs is 1. The summed E-state index contributed by atoms with van der Waals surface area (Å²) in [5.41, 5.74) is 8.04. The number of rotatable bonds is 7. The summed E-state index contributed by atoms with van der Waals surface area (Å²) in [5, 5.41) is 5.06. The topological polar surface area (TPSA) is 58.9 Å². The molecular formula is C30H38N6S. The van der Waals surface area contributed by atoms with Crippen LogP contribution in [0.15, 0.2) is 36.4 Å². The SMILES string of the molecule is CCc1c(C)nc(-n2c(C)ccc2C)nc1NC(CC)c1cc2cccc(C)c2nc1N1CCSCC1. The van der Waals surface area contributed by atoms with Gasteiger partial charge in [0.15, 0.2) is 0 Å². The molecule has 1 N–H and O–H groups in total. The van der Waals surface area contributed by atoms with Crippen molar-refractivity contribution in [3.05, 3.63) is 70.2 Å². The Morgan fingerprint density at radius 3 is 2.35 bits per heavy atom. The number of aryl methyl sites for hydroxylation is 4. The molecule has 3 aromatic heterocycles. The van der Waals surface area contributed by atoms with E-state index < -0.39 is 0 Å². The number of nitrogens with one attached hydrogen (secondary N) is 1. The van der Waals surface area contributed by atoms with Crippen LogP contribution in [0.4, 0.5) is 11.6 Å². The van der Waals surface area contributed by atoms with Crippen molar-refractivity contribution in [1.29, 1.82) is 0 Å². The van der Waals surface area contributed by atoms with Crippen LogP contribution in [-0.2, 0) is 6.42 Å². The molecule has 1 aromatic carbocycles. The zero-order valence-corrected chi connectivity index (χ0v) is 23.7. The standard InChI is InChI=1S/C30H38N6S/c1-7-24-22(6)31-30(36-20(4)12-13-21(36)5)34-28(24)32-26(8-2)25-18-23-11-9-10-19(3)27(23)33-29(25)35-14-16-37-17-15-35/h9-13,18,26H,7-8,14-17H2,1-6H3,(H,31,32,34). The zero-order chi connectivity index (χ0) is 26.1. The van der Waals surface area contributed by atoms with Gasteiger partial charge in [0, 0.05) is 58.2 Å². The second kappa shape index (κ2) is 10.7. The van der Waals surface area contributed by atoms with Gasteiger partial charge in [0.05, 0.1) is 11.6 Å². The highest BCUT2D eigenvalue weighted by Gasteiger charge is 2.24. The van der Waals surface area contributed by atoms with Crippen LogP contribution in [0.25, 0.3) is 16.9 Å². The van der Waals surface area contributed by atoms with Crippen molar-refractivity contribution < 1.29 is 0 Å². The number of nitrogens with zero attached hydrogens (tertiary/aromatic N) is 5. The maximum atomic E-state index is 5.29. The van der Waals surface area contributed by atoms with Gasteiger partial charge in [0.25, 0.3) is 0 Å². The molecule has 0 bridgehead atoms. The average Bonchev–Trinajstić information content (AvgIpc) is 3.24. The van der Waals surface area contributed by atoms with Crippen molar-refractivity contribution in [2.45, 2.75) is 60.4 Å². The number of hydrogen-bond acceptors (Lipinski definition) is 6. The van der Waals surface area contributed by atoms with Crippen molar-refractivity contribution >= 4 is 34.3 Å². The largest absolute Gasteiger partial charge is 0.363 e. The summed E-state index contributed by atoms with van der Waals surface area (Å²) < 4.78 is 2.13. The molecule has 1 fully saturated rings. The van der Waals surface area contributed by atoms with Gasteiger partial charge in [-0.3, -0.25) is 4.57 Å². The lowest BCUT2D eigenvalue weighted by atomic mass is 10.00. The van der Waals surface area contributed by atoms with Crippen molar-refractivity contribution in [2.75, 3.05) is 34.8 Å². The van der Waals surface area contributed by atoms with Gasteiger partial charge in [-0.15, -0.1) is 0 Å². The van der Waals surface area contributed by atoms with Crippen molar-refractivity contribution in [3.63, 3.8) is 0 Å². The van der Waals surface area contributed by atoms with E-state index in [1.165, 1.54) is 22.1 Å². The molecule has 0 spiro atoms. The van der Waals surface area contributed by atoms with Gasteiger partial charge in [-0.25, -0.2) is 9.97 Å². The fourth-order valence-corrected chi connectivity index (χ4v) is 6.31. The Hall–Kier alpha value is -3.06. The van der Waals surface area contributed by atoms with E-state index in [0.717, 1.165) is 77.6 Å². The fourth-order valence-electron chi connectivity index (χ4n) is 5.41. The lowest BCUT2D eigenvalue weighted by molar-refractivity contribution is 0.722. The number of aromatic nitrogens is 4. The summed E-state index contributed by atoms with van der Waals surface area (Å²) in [6.45, 7) is 14.9. The number of benzene rings is 1. The van der Waals surface area contributed by atoms with E-state index in [0.29, 0.717) is 0 Å². The fraction of sp³-hybridized carbons (Fsp3) is 0.433. The summed E-state index contributed by atoms with van der Waals surface area (Å²) >= 11 is 2.03. The number of thioether (sulfide) groups is 1. The number of para-hydroxylation sites is 1. The third-order valence-electron chi connectivity index (χ3n) is 7.49. The van der Waals surface area contributed by atoms with Crippen LogP contribution in [0.1, 0.15) is 60.1 Å². The Labute approximate surface area is 224 Å². The molecule has 7 heteroatoms. The monoisotopic (exact) mass is 514 g/mol. The minimum Gasteiger partial charge on any atom is -0.363 e. The van der Waals surface area contributed by atoms with Gasteiger partial charge in [0.1, 0.15) is 11.6 Å². The van der Waals surface area contributed by atoms with E-state index in [9.17, 15) is 0 Å². The Kier molecular flexibility index (Phi) is 7.43. The van der Waals surface area contributed by atoms with Crippen molar-refractivity contribution in [1.82, 2.24) is 19.5 Å². The smallest absolute Gasteiger partial charge is 0.236 e. The van der Waals surface area contributed by atoms with E-state index in [1.54, 1.807) is 0 Å². The summed E-state index contributed by atoms with van der Waals surface area (Å²) in [4.78, 5) is 17.8. The molecule has 5 rings (SSSR count). The Morgan fingerprint density at radius 2 is 1.68 bits per heavy atom. The van der Waals surface area contributed by atoms with Gasteiger partial charge in [0.2, 0.25) is 5.95 Å². The first kappa shape index (κ1) is 25.6. The quantitative estimate of drug-likeness (QED) is 0.295. The van der Waals surface area contributed by atoms with Crippen LogP contribution in [0.5, 0.6) is 0 Å². The van der Waals surface area contributed by atoms with Crippen molar-refractivity contribution in [2.24, 2.45) is 0 Å². The first-order valence-electron chi connectivity index (χ1n) is 13.4. The molecule has 0 radical (unpaired) electrons. The van der Waals surface area contributed by atoms with E-state index in [1.807, 2.05) is 11.8 Å². The van der Waals surface area contributed by atoms with E-state index in [2.05, 4.69) is 92.7 Å². The van der Waals surface area contributed by atoms with Gasteiger partial charge < -0.3 is 10.2 Å². The predicted octanol–water partition coefficient (Wildman–Crippen LogP) is 6.73. The molecule has 1 saturated heterocycles. The molecule has 1 unspecified atom stereocenters. The Bertz CT molecular complexity index is 1400. The lowest BCUT2D eigenvalue weighted by Crippen LogP contribution is -2.34. The highest BCUT2D eigenvalue weighted by atomic mass is 32.2.